The number of esters is 1. The number of rotatable bonds is 7. The van der Waals surface area contributed by atoms with Gasteiger partial charge in [0.1, 0.15) is 5.75 Å². The van der Waals surface area contributed by atoms with E-state index in [0.29, 0.717) is 13.2 Å². The maximum atomic E-state index is 11.4. The molecule has 118 valence electrons. The van der Waals surface area contributed by atoms with Crippen molar-refractivity contribution in [1.82, 2.24) is 15.0 Å². The van der Waals surface area contributed by atoms with Gasteiger partial charge in [-0.1, -0.05) is 23.4 Å². The number of hydrogen-bond acceptors (Lipinski definition) is 6. The summed E-state index contributed by atoms with van der Waals surface area (Å²) in [5.74, 6) is 0.550. The summed E-state index contributed by atoms with van der Waals surface area (Å²) in [6, 6.07) is 7.90. The summed E-state index contributed by atoms with van der Waals surface area (Å²) in [6.45, 7) is 3.20. The lowest BCUT2D eigenvalue weighted by Gasteiger charge is -2.08. The molecule has 0 unspecified atom stereocenters. The molecule has 0 radical (unpaired) electrons. The van der Waals surface area contributed by atoms with Crippen LogP contribution in [0.25, 0.3) is 0 Å². The fourth-order valence-electron chi connectivity index (χ4n) is 1.99. The number of nitrogen functional groups attached to an aromatic ring is 1. The molecule has 2 aromatic rings. The normalized spacial score (nSPS) is 10.5. The van der Waals surface area contributed by atoms with Crippen molar-refractivity contribution < 1.29 is 14.3 Å². The van der Waals surface area contributed by atoms with Crippen molar-refractivity contribution >= 4 is 11.8 Å². The van der Waals surface area contributed by atoms with Crippen LogP contribution >= 0.6 is 0 Å². The Labute approximate surface area is 129 Å². The summed E-state index contributed by atoms with van der Waals surface area (Å²) in [5, 5.41) is 7.58. The van der Waals surface area contributed by atoms with Crippen molar-refractivity contribution in [3.05, 3.63) is 35.5 Å². The second-order valence-corrected chi connectivity index (χ2v) is 4.86. The van der Waals surface area contributed by atoms with Gasteiger partial charge in [-0.2, -0.15) is 0 Å². The Morgan fingerprint density at radius 2 is 2.09 bits per heavy atom. The Kier molecular flexibility index (Phi) is 5.35. The van der Waals surface area contributed by atoms with Crippen molar-refractivity contribution in [2.24, 2.45) is 0 Å². The maximum absolute atomic E-state index is 11.4. The highest BCUT2D eigenvalue weighted by Crippen LogP contribution is 2.16. The van der Waals surface area contributed by atoms with Gasteiger partial charge in [0.15, 0.2) is 5.82 Å². The van der Waals surface area contributed by atoms with Gasteiger partial charge in [-0.15, -0.1) is 5.10 Å². The molecule has 2 rings (SSSR count). The molecule has 0 saturated heterocycles. The highest BCUT2D eigenvalue weighted by Gasteiger charge is 2.17. The molecule has 2 N–H and O–H groups in total. The molecule has 22 heavy (non-hydrogen) atoms. The molecular formula is C15H20N4O3. The van der Waals surface area contributed by atoms with E-state index < -0.39 is 5.97 Å². The zero-order valence-corrected chi connectivity index (χ0v) is 12.8. The third-order valence-electron chi connectivity index (χ3n) is 3.27. The number of ether oxygens (including phenoxy) is 2. The van der Waals surface area contributed by atoms with Crippen molar-refractivity contribution in [2.75, 3.05) is 19.5 Å². The van der Waals surface area contributed by atoms with Crippen LogP contribution < -0.4 is 10.5 Å². The lowest BCUT2D eigenvalue weighted by Crippen LogP contribution is -2.09. The summed E-state index contributed by atoms with van der Waals surface area (Å²) in [5.41, 5.74) is 6.98. The smallest absolute Gasteiger partial charge is 0.362 e. The van der Waals surface area contributed by atoms with Crippen LogP contribution in [0.4, 0.5) is 5.82 Å². The van der Waals surface area contributed by atoms with Gasteiger partial charge in [0, 0.05) is 6.54 Å². The minimum atomic E-state index is -0.577. The van der Waals surface area contributed by atoms with Crippen molar-refractivity contribution in [3.8, 4) is 5.75 Å². The molecule has 7 heteroatoms. The van der Waals surface area contributed by atoms with Crippen molar-refractivity contribution in [2.45, 2.75) is 26.3 Å². The van der Waals surface area contributed by atoms with E-state index in [-0.39, 0.29) is 11.5 Å². The Bertz CT molecular complexity index is 639. The van der Waals surface area contributed by atoms with Crippen LogP contribution in [0.2, 0.25) is 0 Å². The maximum Gasteiger partial charge on any atom is 0.362 e. The Hall–Kier alpha value is -2.57. The number of nitrogens with two attached hydrogens (primary N) is 1. The molecule has 0 aliphatic rings. The predicted molar refractivity (Wildman–Crippen MR) is 81.7 cm³/mol. The molecule has 0 fully saturated rings. The predicted octanol–water partition coefficient (Wildman–Crippen LogP) is 1.81. The van der Waals surface area contributed by atoms with E-state index in [1.807, 2.05) is 31.2 Å². The number of methoxy groups -OCH3 is 1. The van der Waals surface area contributed by atoms with Crippen molar-refractivity contribution in [3.63, 3.8) is 0 Å². The van der Waals surface area contributed by atoms with Crippen LogP contribution in [0.15, 0.2) is 24.3 Å². The first-order chi connectivity index (χ1) is 10.6. The number of unbranched alkanes of at least 4 members (excludes halogenated alkanes) is 1. The lowest BCUT2D eigenvalue weighted by molar-refractivity contribution is 0.0595. The number of hydrogen-bond donors (Lipinski definition) is 1. The third-order valence-corrected chi connectivity index (χ3v) is 3.27. The number of nitrogens with zero attached hydrogens (tertiary/aromatic N) is 3. The van der Waals surface area contributed by atoms with E-state index >= 15 is 0 Å². The molecular weight excluding hydrogens is 284 g/mol. The van der Waals surface area contributed by atoms with Gasteiger partial charge < -0.3 is 15.2 Å². The zero-order valence-electron chi connectivity index (χ0n) is 12.8. The van der Waals surface area contributed by atoms with Crippen LogP contribution in [0.3, 0.4) is 0 Å². The van der Waals surface area contributed by atoms with E-state index in [1.54, 1.807) is 0 Å². The van der Waals surface area contributed by atoms with Crippen LogP contribution in [-0.2, 0) is 11.3 Å². The monoisotopic (exact) mass is 304 g/mol. The summed E-state index contributed by atoms with van der Waals surface area (Å²) in [6.07, 6.45) is 1.67. The van der Waals surface area contributed by atoms with E-state index in [0.717, 1.165) is 24.2 Å². The number of carbonyl (C=O) groups is 1. The number of anilines is 1. The molecule has 1 aromatic heterocycles. The van der Waals surface area contributed by atoms with E-state index in [9.17, 15) is 4.79 Å². The number of aryl methyl sites for hydroxylation is 2. The summed E-state index contributed by atoms with van der Waals surface area (Å²) >= 11 is 0. The summed E-state index contributed by atoms with van der Waals surface area (Å²) in [4.78, 5) is 11.4. The van der Waals surface area contributed by atoms with Gasteiger partial charge in [-0.25, -0.2) is 9.48 Å². The third kappa shape index (κ3) is 3.75. The topological polar surface area (TPSA) is 92.3 Å². The number of carbonyl (C=O) groups excluding carboxylic acids is 1. The lowest BCUT2D eigenvalue weighted by atomic mass is 10.2. The largest absolute Gasteiger partial charge is 0.493 e. The van der Waals surface area contributed by atoms with Gasteiger partial charge in [-0.05, 0) is 31.4 Å². The number of benzene rings is 1. The molecule has 7 nitrogen and oxygen atoms in total. The highest BCUT2D eigenvalue weighted by atomic mass is 16.5. The minimum Gasteiger partial charge on any atom is -0.493 e. The number of aromatic nitrogens is 3. The minimum absolute atomic E-state index is 0.0543. The van der Waals surface area contributed by atoms with Crippen LogP contribution in [0.1, 0.15) is 28.9 Å². The zero-order chi connectivity index (χ0) is 15.9. The summed E-state index contributed by atoms with van der Waals surface area (Å²) in [7, 11) is 1.28. The molecule has 0 amide bonds. The average molecular weight is 304 g/mol. The van der Waals surface area contributed by atoms with Gasteiger partial charge >= 0.3 is 5.97 Å². The van der Waals surface area contributed by atoms with Crippen LogP contribution in [-0.4, -0.2) is 34.7 Å². The first kappa shape index (κ1) is 15.8. The number of para-hydroxylation sites is 1. The van der Waals surface area contributed by atoms with Crippen LogP contribution in [0.5, 0.6) is 5.75 Å². The van der Waals surface area contributed by atoms with Crippen molar-refractivity contribution in [1.29, 1.82) is 0 Å². The first-order valence-corrected chi connectivity index (χ1v) is 7.09. The highest BCUT2D eigenvalue weighted by molar-refractivity contribution is 5.91. The molecule has 0 aliphatic heterocycles. The van der Waals surface area contributed by atoms with Gasteiger partial charge in [0.2, 0.25) is 5.69 Å². The van der Waals surface area contributed by atoms with Gasteiger partial charge in [-0.3, -0.25) is 0 Å². The quantitative estimate of drug-likeness (QED) is 0.619. The fourth-order valence-corrected chi connectivity index (χ4v) is 1.99. The second kappa shape index (κ2) is 7.44. The molecule has 0 bridgehead atoms. The molecule has 0 aliphatic carbocycles. The molecule has 0 atom stereocenters. The van der Waals surface area contributed by atoms with E-state index in [2.05, 4.69) is 15.0 Å². The average Bonchev–Trinajstić information content (AvgIpc) is 2.89. The Morgan fingerprint density at radius 1 is 1.32 bits per heavy atom. The van der Waals surface area contributed by atoms with E-state index in [4.69, 9.17) is 10.5 Å². The molecule has 1 heterocycles. The molecule has 1 aromatic carbocycles. The molecule has 0 saturated carbocycles. The standard InChI is InChI=1S/C15H20N4O3/c1-11-7-3-4-8-12(11)22-10-6-5-9-19-14(16)13(17-18-19)15(20)21-2/h3-4,7-8H,5-6,9-10,16H2,1-2H3. The Balaban J connectivity index is 1.77. The first-order valence-electron chi connectivity index (χ1n) is 7.09. The molecule has 0 spiro atoms. The summed E-state index contributed by atoms with van der Waals surface area (Å²) < 4.78 is 11.8. The van der Waals surface area contributed by atoms with Gasteiger partial charge in [0.25, 0.3) is 0 Å². The van der Waals surface area contributed by atoms with E-state index in [1.165, 1.54) is 11.8 Å². The van der Waals surface area contributed by atoms with Crippen LogP contribution in [0, 0.1) is 6.92 Å². The fraction of sp³-hybridized carbons (Fsp3) is 0.400. The second-order valence-electron chi connectivity index (χ2n) is 4.86. The SMILES string of the molecule is COC(=O)c1nnn(CCCCOc2ccccc2C)c1N. The van der Waals surface area contributed by atoms with Gasteiger partial charge in [0.05, 0.1) is 13.7 Å². The Morgan fingerprint density at radius 3 is 2.82 bits per heavy atom.